The molecule has 0 saturated carbocycles. The summed E-state index contributed by atoms with van der Waals surface area (Å²) in [5.74, 6) is 2.03. The van der Waals surface area contributed by atoms with Gasteiger partial charge in [0.15, 0.2) is 0 Å². The summed E-state index contributed by atoms with van der Waals surface area (Å²) in [6, 6.07) is 13.9. The molecule has 0 spiro atoms. The molecule has 0 heterocycles. The average Bonchev–Trinajstić information content (AvgIpc) is 3.12. The fraction of sp³-hybridized carbons (Fsp3) is 0.350. The van der Waals surface area contributed by atoms with Gasteiger partial charge in [-0.3, -0.25) is 4.79 Å². The molecule has 0 radical (unpaired) electrons. The van der Waals surface area contributed by atoms with Gasteiger partial charge in [0.1, 0.15) is 18.1 Å². The SMILES string of the molecule is COc1ccc(OCCNC(=O)CSc2ccc3c(c2)CCC3)cc1. The molecule has 0 unspecified atom stereocenters. The van der Waals surface area contributed by atoms with Crippen molar-refractivity contribution in [3.63, 3.8) is 0 Å². The number of methoxy groups -OCH3 is 1. The molecule has 2 aromatic rings. The number of nitrogens with one attached hydrogen (secondary N) is 1. The van der Waals surface area contributed by atoms with Crippen molar-refractivity contribution in [1.82, 2.24) is 5.32 Å². The maximum atomic E-state index is 11.9. The van der Waals surface area contributed by atoms with Crippen LogP contribution in [-0.2, 0) is 17.6 Å². The van der Waals surface area contributed by atoms with E-state index < -0.39 is 0 Å². The summed E-state index contributed by atoms with van der Waals surface area (Å²) in [4.78, 5) is 13.1. The van der Waals surface area contributed by atoms with E-state index in [0.29, 0.717) is 18.9 Å². The Balaban J connectivity index is 1.34. The monoisotopic (exact) mass is 357 g/mol. The van der Waals surface area contributed by atoms with Crippen molar-refractivity contribution in [2.45, 2.75) is 24.2 Å². The van der Waals surface area contributed by atoms with Gasteiger partial charge in [0.05, 0.1) is 19.4 Å². The Hall–Kier alpha value is -2.14. The Labute approximate surface area is 152 Å². The van der Waals surface area contributed by atoms with Gasteiger partial charge >= 0.3 is 0 Å². The number of thioether (sulfide) groups is 1. The summed E-state index contributed by atoms with van der Waals surface area (Å²) in [6.07, 6.45) is 3.60. The highest BCUT2D eigenvalue weighted by Crippen LogP contribution is 2.27. The molecule has 5 heteroatoms. The lowest BCUT2D eigenvalue weighted by Crippen LogP contribution is -2.29. The predicted octanol–water partition coefficient (Wildman–Crippen LogP) is 3.47. The first-order valence-electron chi connectivity index (χ1n) is 8.53. The van der Waals surface area contributed by atoms with Crippen molar-refractivity contribution in [1.29, 1.82) is 0 Å². The molecule has 0 atom stereocenters. The van der Waals surface area contributed by atoms with Crippen LogP contribution >= 0.6 is 11.8 Å². The van der Waals surface area contributed by atoms with Gasteiger partial charge in [-0.1, -0.05) is 6.07 Å². The van der Waals surface area contributed by atoms with Crippen molar-refractivity contribution >= 4 is 17.7 Å². The van der Waals surface area contributed by atoms with Crippen molar-refractivity contribution in [2.24, 2.45) is 0 Å². The number of hydrogen-bond acceptors (Lipinski definition) is 4. The zero-order chi connectivity index (χ0) is 17.5. The van der Waals surface area contributed by atoms with Crippen molar-refractivity contribution in [2.75, 3.05) is 26.0 Å². The number of amides is 1. The van der Waals surface area contributed by atoms with Crippen LogP contribution in [-0.4, -0.2) is 31.9 Å². The number of fused-ring (bicyclic) bond motifs is 1. The first-order chi connectivity index (χ1) is 12.2. The first-order valence-corrected chi connectivity index (χ1v) is 9.51. The van der Waals surface area contributed by atoms with Crippen LogP contribution in [0.1, 0.15) is 17.5 Å². The second-order valence-electron chi connectivity index (χ2n) is 5.95. The van der Waals surface area contributed by atoms with Crippen LogP contribution in [0.2, 0.25) is 0 Å². The zero-order valence-corrected chi connectivity index (χ0v) is 15.2. The molecular weight excluding hydrogens is 334 g/mol. The lowest BCUT2D eigenvalue weighted by molar-refractivity contribution is -0.118. The van der Waals surface area contributed by atoms with Gasteiger partial charge < -0.3 is 14.8 Å². The third-order valence-electron chi connectivity index (χ3n) is 4.19. The smallest absolute Gasteiger partial charge is 0.230 e. The summed E-state index contributed by atoms with van der Waals surface area (Å²) < 4.78 is 10.7. The van der Waals surface area contributed by atoms with Crippen LogP contribution in [0.3, 0.4) is 0 Å². The molecule has 1 amide bonds. The van der Waals surface area contributed by atoms with Crippen molar-refractivity contribution in [3.8, 4) is 11.5 Å². The lowest BCUT2D eigenvalue weighted by atomic mass is 10.1. The molecule has 0 aromatic heterocycles. The topological polar surface area (TPSA) is 47.6 Å². The van der Waals surface area contributed by atoms with E-state index in [0.717, 1.165) is 11.5 Å². The lowest BCUT2D eigenvalue weighted by Gasteiger charge is -2.09. The minimum Gasteiger partial charge on any atom is -0.497 e. The maximum Gasteiger partial charge on any atom is 0.230 e. The summed E-state index contributed by atoms with van der Waals surface area (Å²) in [5.41, 5.74) is 2.91. The normalized spacial score (nSPS) is 12.5. The highest BCUT2D eigenvalue weighted by Gasteiger charge is 2.11. The molecular formula is C20H23NO3S. The standard InChI is InChI=1S/C20H23NO3S/c1-23-17-6-8-18(9-7-17)24-12-11-21-20(22)14-25-19-10-5-15-3-2-4-16(15)13-19/h5-10,13H,2-4,11-12,14H2,1H3,(H,21,22). The summed E-state index contributed by atoms with van der Waals surface area (Å²) in [5, 5.41) is 2.89. The van der Waals surface area contributed by atoms with Gasteiger partial charge in [0.25, 0.3) is 0 Å². The van der Waals surface area contributed by atoms with Crippen molar-refractivity contribution in [3.05, 3.63) is 53.6 Å². The highest BCUT2D eigenvalue weighted by atomic mass is 32.2. The Bertz CT molecular complexity index is 715. The number of benzene rings is 2. The molecule has 2 aromatic carbocycles. The van der Waals surface area contributed by atoms with E-state index >= 15 is 0 Å². The molecule has 4 nitrogen and oxygen atoms in total. The van der Waals surface area contributed by atoms with Crippen LogP contribution in [0.5, 0.6) is 11.5 Å². The molecule has 1 aliphatic carbocycles. The third-order valence-corrected chi connectivity index (χ3v) is 5.19. The third kappa shape index (κ3) is 5.16. The van der Waals surface area contributed by atoms with Crippen LogP contribution in [0, 0.1) is 0 Å². The maximum absolute atomic E-state index is 11.9. The summed E-state index contributed by atoms with van der Waals surface area (Å²) in [7, 11) is 1.63. The molecule has 0 fully saturated rings. The predicted molar refractivity (Wildman–Crippen MR) is 101 cm³/mol. The molecule has 25 heavy (non-hydrogen) atoms. The second-order valence-corrected chi connectivity index (χ2v) is 7.00. The van der Waals surface area contributed by atoms with E-state index in [1.807, 2.05) is 24.3 Å². The van der Waals surface area contributed by atoms with Crippen LogP contribution in [0.4, 0.5) is 0 Å². The molecule has 0 bridgehead atoms. The Morgan fingerprint density at radius 2 is 1.84 bits per heavy atom. The minimum absolute atomic E-state index is 0.0313. The molecule has 3 rings (SSSR count). The van der Waals surface area contributed by atoms with Crippen LogP contribution in [0.15, 0.2) is 47.4 Å². The largest absolute Gasteiger partial charge is 0.497 e. The number of ether oxygens (including phenoxy) is 2. The molecule has 1 N–H and O–H groups in total. The fourth-order valence-electron chi connectivity index (χ4n) is 2.87. The summed E-state index contributed by atoms with van der Waals surface area (Å²) in [6.45, 7) is 0.942. The molecule has 1 aliphatic rings. The quantitative estimate of drug-likeness (QED) is 0.580. The Morgan fingerprint density at radius 3 is 2.64 bits per heavy atom. The number of aryl methyl sites for hydroxylation is 2. The number of hydrogen-bond donors (Lipinski definition) is 1. The van der Waals surface area contributed by atoms with E-state index in [2.05, 4.69) is 23.5 Å². The van der Waals surface area contributed by atoms with Gasteiger partial charge in [-0.05, 0) is 66.8 Å². The van der Waals surface area contributed by atoms with E-state index in [1.165, 1.54) is 35.3 Å². The van der Waals surface area contributed by atoms with E-state index in [9.17, 15) is 4.79 Å². The van der Waals surface area contributed by atoms with Crippen LogP contribution in [0.25, 0.3) is 0 Å². The van der Waals surface area contributed by atoms with Gasteiger partial charge in [-0.15, -0.1) is 11.8 Å². The Morgan fingerprint density at radius 1 is 1.08 bits per heavy atom. The van der Waals surface area contributed by atoms with Crippen molar-refractivity contribution < 1.29 is 14.3 Å². The number of carbonyl (C=O) groups is 1. The van der Waals surface area contributed by atoms with Gasteiger partial charge in [0, 0.05) is 4.90 Å². The number of carbonyl (C=O) groups excluding carboxylic acids is 1. The molecule has 132 valence electrons. The van der Waals surface area contributed by atoms with Gasteiger partial charge in [-0.2, -0.15) is 0 Å². The zero-order valence-electron chi connectivity index (χ0n) is 14.4. The molecule has 0 aliphatic heterocycles. The van der Waals surface area contributed by atoms with Gasteiger partial charge in [-0.25, -0.2) is 0 Å². The first kappa shape index (κ1) is 17.7. The Kier molecular flexibility index (Phi) is 6.23. The van der Waals surface area contributed by atoms with E-state index in [-0.39, 0.29) is 5.91 Å². The van der Waals surface area contributed by atoms with Gasteiger partial charge in [0.2, 0.25) is 5.91 Å². The average molecular weight is 357 g/mol. The highest BCUT2D eigenvalue weighted by molar-refractivity contribution is 8.00. The minimum atomic E-state index is 0.0313. The van der Waals surface area contributed by atoms with E-state index in [1.54, 1.807) is 18.9 Å². The summed E-state index contributed by atoms with van der Waals surface area (Å²) >= 11 is 1.59. The second kappa shape index (κ2) is 8.81. The fourth-order valence-corrected chi connectivity index (χ4v) is 3.66. The molecule has 0 saturated heterocycles. The number of rotatable bonds is 8. The van der Waals surface area contributed by atoms with Crippen LogP contribution < -0.4 is 14.8 Å². The van der Waals surface area contributed by atoms with E-state index in [4.69, 9.17) is 9.47 Å².